The Kier molecular flexibility index (Phi) is 3.95. The maximum absolute atomic E-state index is 11.0. The molecule has 0 radical (unpaired) electrons. The molecule has 1 saturated heterocycles. The number of esters is 2. The van der Waals surface area contributed by atoms with Gasteiger partial charge in [-0.05, 0) is 6.92 Å². The third-order valence-electron chi connectivity index (χ3n) is 1.71. The van der Waals surface area contributed by atoms with Crippen LogP contribution in [0.5, 0.6) is 0 Å². The van der Waals surface area contributed by atoms with Crippen LogP contribution in [0.4, 0.5) is 0 Å². The van der Waals surface area contributed by atoms with Gasteiger partial charge in [0, 0.05) is 6.42 Å². The van der Waals surface area contributed by atoms with Crippen LogP contribution in [-0.2, 0) is 19.1 Å². The van der Waals surface area contributed by atoms with E-state index >= 15 is 0 Å². The monoisotopic (exact) mass is 298 g/mol. The zero-order valence-electron chi connectivity index (χ0n) is 7.29. The van der Waals surface area contributed by atoms with Crippen molar-refractivity contribution in [1.82, 2.24) is 0 Å². The molecule has 0 spiro atoms. The van der Waals surface area contributed by atoms with Crippen molar-refractivity contribution >= 4 is 34.5 Å². The lowest BCUT2D eigenvalue weighted by atomic mass is 10.2. The summed E-state index contributed by atoms with van der Waals surface area (Å²) in [6, 6.07) is 0. The van der Waals surface area contributed by atoms with Crippen molar-refractivity contribution in [1.29, 1.82) is 0 Å². The molecule has 0 aromatic rings. The highest BCUT2D eigenvalue weighted by Crippen LogP contribution is 2.24. The zero-order valence-corrected chi connectivity index (χ0v) is 9.44. The molecule has 0 aromatic carbocycles. The number of halogens is 1. The van der Waals surface area contributed by atoms with Gasteiger partial charge in [-0.1, -0.05) is 22.6 Å². The van der Waals surface area contributed by atoms with Gasteiger partial charge in [0.1, 0.15) is 10.0 Å². The summed E-state index contributed by atoms with van der Waals surface area (Å²) in [4.78, 5) is 21.9. The summed E-state index contributed by atoms with van der Waals surface area (Å²) in [5, 5.41) is 0. The molecule has 0 amide bonds. The molecule has 74 valence electrons. The largest absolute Gasteiger partial charge is 0.466 e. The van der Waals surface area contributed by atoms with Crippen LogP contribution in [0, 0.1) is 0 Å². The van der Waals surface area contributed by atoms with Gasteiger partial charge in [-0.2, -0.15) is 0 Å². The van der Waals surface area contributed by atoms with Crippen LogP contribution in [0.2, 0.25) is 0 Å². The fourth-order valence-corrected chi connectivity index (χ4v) is 1.86. The first-order chi connectivity index (χ1) is 6.13. The highest BCUT2D eigenvalue weighted by molar-refractivity contribution is 14.1. The number of alkyl halides is 1. The van der Waals surface area contributed by atoms with E-state index in [1.54, 1.807) is 6.92 Å². The molecule has 1 fully saturated rings. The number of hydrogen-bond donors (Lipinski definition) is 0. The first-order valence-electron chi connectivity index (χ1n) is 4.13. The Labute approximate surface area is 90.1 Å². The molecule has 5 heteroatoms. The van der Waals surface area contributed by atoms with E-state index in [1.807, 2.05) is 22.6 Å². The van der Waals surface area contributed by atoms with Crippen molar-refractivity contribution in [3.8, 4) is 0 Å². The lowest BCUT2D eigenvalue weighted by Crippen LogP contribution is -2.15. The quantitative estimate of drug-likeness (QED) is 0.444. The van der Waals surface area contributed by atoms with E-state index in [2.05, 4.69) is 0 Å². The van der Waals surface area contributed by atoms with Gasteiger partial charge >= 0.3 is 11.9 Å². The van der Waals surface area contributed by atoms with Gasteiger partial charge in [0.05, 0.1) is 13.0 Å². The summed E-state index contributed by atoms with van der Waals surface area (Å²) in [6.07, 6.45) is 0.505. The van der Waals surface area contributed by atoms with Crippen molar-refractivity contribution in [3.63, 3.8) is 0 Å². The van der Waals surface area contributed by atoms with Gasteiger partial charge in [0.2, 0.25) is 0 Å². The topological polar surface area (TPSA) is 52.6 Å². The highest BCUT2D eigenvalue weighted by Gasteiger charge is 2.33. The fourth-order valence-electron chi connectivity index (χ4n) is 1.14. The normalized spacial score (nSPS) is 27.1. The number of hydrogen-bond acceptors (Lipinski definition) is 4. The van der Waals surface area contributed by atoms with Crippen LogP contribution in [0.1, 0.15) is 19.8 Å². The molecule has 1 aliphatic rings. The molecule has 13 heavy (non-hydrogen) atoms. The molecule has 0 saturated carbocycles. The summed E-state index contributed by atoms with van der Waals surface area (Å²) in [5.74, 6) is -0.527. The molecular weight excluding hydrogens is 287 g/mol. The molecule has 0 bridgehead atoms. The Hall–Kier alpha value is -0.330. The van der Waals surface area contributed by atoms with Gasteiger partial charge in [0.15, 0.2) is 0 Å². The zero-order chi connectivity index (χ0) is 9.84. The van der Waals surface area contributed by atoms with Crippen molar-refractivity contribution in [2.24, 2.45) is 0 Å². The highest BCUT2D eigenvalue weighted by atomic mass is 127. The van der Waals surface area contributed by atoms with Crippen LogP contribution in [0.25, 0.3) is 0 Å². The Morgan fingerprint density at radius 3 is 2.92 bits per heavy atom. The van der Waals surface area contributed by atoms with Crippen LogP contribution >= 0.6 is 22.6 Å². The lowest BCUT2D eigenvalue weighted by Gasteiger charge is -2.07. The van der Waals surface area contributed by atoms with E-state index in [0.29, 0.717) is 13.0 Å². The maximum atomic E-state index is 11.0. The Morgan fingerprint density at radius 2 is 2.46 bits per heavy atom. The molecule has 1 rings (SSSR count). The minimum Gasteiger partial charge on any atom is -0.466 e. The predicted molar refractivity (Wildman–Crippen MR) is 53.6 cm³/mol. The summed E-state index contributed by atoms with van der Waals surface area (Å²) in [7, 11) is 0. The first kappa shape index (κ1) is 10.7. The molecule has 0 N–H and O–H groups in total. The summed E-state index contributed by atoms with van der Waals surface area (Å²) in [5.41, 5.74) is 0. The number of carbonyl (C=O) groups is 2. The molecule has 1 aliphatic heterocycles. The van der Waals surface area contributed by atoms with Crippen molar-refractivity contribution in [2.45, 2.75) is 29.8 Å². The molecule has 0 aliphatic carbocycles. The molecular formula is C8H11IO4. The van der Waals surface area contributed by atoms with Gasteiger partial charge < -0.3 is 9.47 Å². The average Bonchev–Trinajstić information content (AvgIpc) is 2.31. The molecule has 2 atom stereocenters. The summed E-state index contributed by atoms with van der Waals surface area (Å²) >= 11 is 2.01. The van der Waals surface area contributed by atoms with Gasteiger partial charge in [-0.25, -0.2) is 0 Å². The molecule has 1 unspecified atom stereocenters. The van der Waals surface area contributed by atoms with Crippen LogP contribution in [0.15, 0.2) is 0 Å². The van der Waals surface area contributed by atoms with E-state index < -0.39 is 0 Å². The minimum atomic E-state index is -0.300. The van der Waals surface area contributed by atoms with E-state index in [-0.39, 0.29) is 28.4 Å². The number of ether oxygens (including phenoxy) is 2. The first-order valence-corrected chi connectivity index (χ1v) is 5.38. The number of carbonyl (C=O) groups excluding carboxylic acids is 2. The summed E-state index contributed by atoms with van der Waals surface area (Å²) < 4.78 is 9.57. The average molecular weight is 298 g/mol. The third-order valence-corrected chi connectivity index (χ3v) is 2.73. The third kappa shape index (κ3) is 3.13. The Balaban J connectivity index is 2.31. The maximum Gasteiger partial charge on any atom is 0.319 e. The Morgan fingerprint density at radius 1 is 1.77 bits per heavy atom. The van der Waals surface area contributed by atoms with E-state index in [4.69, 9.17) is 9.47 Å². The minimum absolute atomic E-state index is 0.114. The Bertz CT molecular complexity index is 216. The van der Waals surface area contributed by atoms with Crippen LogP contribution in [0.3, 0.4) is 0 Å². The van der Waals surface area contributed by atoms with E-state index in [9.17, 15) is 9.59 Å². The predicted octanol–water partition coefficient (Wildman–Crippen LogP) is 1.06. The second-order valence-electron chi connectivity index (χ2n) is 2.77. The van der Waals surface area contributed by atoms with Gasteiger partial charge in [-0.15, -0.1) is 0 Å². The molecule has 4 nitrogen and oxygen atoms in total. The second-order valence-corrected chi connectivity index (χ2v) is 4.27. The second kappa shape index (κ2) is 4.78. The van der Waals surface area contributed by atoms with Crippen LogP contribution in [-0.4, -0.2) is 28.6 Å². The number of cyclic esters (lactones) is 1. The number of rotatable bonds is 3. The van der Waals surface area contributed by atoms with E-state index in [0.717, 1.165) is 0 Å². The standard InChI is InChI=1S/C8H11IO4/c1-2-12-7(10)4-5-3-6(9)8(11)13-5/h5-6H,2-4H2,1H3/t5-,6?/m1/s1. The van der Waals surface area contributed by atoms with Crippen LogP contribution < -0.4 is 0 Å². The van der Waals surface area contributed by atoms with Gasteiger partial charge in [-0.3, -0.25) is 9.59 Å². The molecule has 1 heterocycles. The molecule has 0 aromatic heterocycles. The fraction of sp³-hybridized carbons (Fsp3) is 0.750. The lowest BCUT2D eigenvalue weighted by molar-refractivity contribution is -0.149. The SMILES string of the molecule is CCOC(=O)C[C@H]1CC(I)C(=O)O1. The smallest absolute Gasteiger partial charge is 0.319 e. The van der Waals surface area contributed by atoms with Crippen molar-refractivity contribution < 1.29 is 19.1 Å². The van der Waals surface area contributed by atoms with Gasteiger partial charge in [0.25, 0.3) is 0 Å². The van der Waals surface area contributed by atoms with Crippen molar-refractivity contribution in [3.05, 3.63) is 0 Å². The van der Waals surface area contributed by atoms with E-state index in [1.165, 1.54) is 0 Å². The van der Waals surface area contributed by atoms with Crippen molar-refractivity contribution in [2.75, 3.05) is 6.61 Å². The summed E-state index contributed by atoms with van der Waals surface area (Å²) in [6.45, 7) is 2.12.